The summed E-state index contributed by atoms with van der Waals surface area (Å²) in [6.45, 7) is 39.1. The summed E-state index contributed by atoms with van der Waals surface area (Å²) in [5.74, 6) is 0. The lowest BCUT2D eigenvalue weighted by molar-refractivity contribution is 0.227. The van der Waals surface area contributed by atoms with Crippen molar-refractivity contribution in [2.45, 2.75) is 168 Å². The fourth-order valence-corrected chi connectivity index (χ4v) is 19.7. The molecule has 0 radical (unpaired) electrons. The monoisotopic (exact) mass is 560 g/mol. The van der Waals surface area contributed by atoms with E-state index in [1.54, 1.807) is 0 Å². The Morgan fingerprint density at radius 3 is 1.09 bits per heavy atom. The zero-order chi connectivity index (χ0) is 28.0. The number of hydrogen-bond acceptors (Lipinski definition) is 3. The van der Waals surface area contributed by atoms with E-state index in [9.17, 15) is 0 Å². The van der Waals surface area contributed by atoms with Crippen molar-refractivity contribution in [1.82, 2.24) is 0 Å². The molecule has 7 heteroatoms. The summed E-state index contributed by atoms with van der Waals surface area (Å²) in [6.07, 6.45) is 10.7. The lowest BCUT2D eigenvalue weighted by Gasteiger charge is -2.52. The molecule has 0 aromatic heterocycles. The Bertz CT molecular complexity index is 569. The molecule has 0 atom stereocenters. The van der Waals surface area contributed by atoms with Crippen LogP contribution < -0.4 is 0 Å². The van der Waals surface area contributed by atoms with Gasteiger partial charge in [-0.25, -0.2) is 0 Å². The van der Waals surface area contributed by atoms with E-state index in [0.29, 0.717) is 0 Å². The molecule has 0 spiro atoms. The second-order valence-electron chi connectivity index (χ2n) is 15.2. The SMILES string of the molecule is C=CCCCCCCCC[Si](O[Si](C)(C)C(C)(C)C)(O[Si](C)(C)C(C)(C)C)O[Si](C)(C)C(C)(C)C. The minimum Gasteiger partial charge on any atom is -0.416 e. The summed E-state index contributed by atoms with van der Waals surface area (Å²) in [4.78, 5) is 0. The molecule has 0 heterocycles. The predicted molar refractivity (Wildman–Crippen MR) is 168 cm³/mol. The van der Waals surface area contributed by atoms with Gasteiger partial charge in [0.1, 0.15) is 0 Å². The molecule has 0 rings (SSSR count). The molecule has 0 saturated carbocycles. The summed E-state index contributed by atoms with van der Waals surface area (Å²) in [5, 5.41) is 0.345. The molecule has 0 amide bonds. The first kappa shape index (κ1) is 35.5. The topological polar surface area (TPSA) is 27.7 Å². The maximum Gasteiger partial charge on any atom is 0.469 e. The van der Waals surface area contributed by atoms with Crippen LogP contribution in [-0.4, -0.2) is 33.8 Å². The minimum absolute atomic E-state index is 0.115. The third kappa shape index (κ3) is 11.4. The van der Waals surface area contributed by atoms with Gasteiger partial charge in [-0.2, -0.15) is 0 Å². The fourth-order valence-electron chi connectivity index (χ4n) is 3.18. The van der Waals surface area contributed by atoms with Crippen LogP contribution in [0.5, 0.6) is 0 Å². The highest BCUT2D eigenvalue weighted by atomic mass is 28.5. The molecule has 0 unspecified atom stereocenters. The van der Waals surface area contributed by atoms with Gasteiger partial charge >= 0.3 is 8.80 Å². The number of unbranched alkanes of at least 4 members (excludes halogenated alkanes) is 6. The summed E-state index contributed by atoms with van der Waals surface area (Å²) in [6, 6.07) is 0.950. The molecule has 3 nitrogen and oxygen atoms in total. The van der Waals surface area contributed by atoms with Crippen LogP contribution in [0.25, 0.3) is 0 Å². The van der Waals surface area contributed by atoms with E-state index in [4.69, 9.17) is 12.3 Å². The Morgan fingerprint density at radius 1 is 0.514 bits per heavy atom. The summed E-state index contributed by atoms with van der Waals surface area (Å²) in [7, 11) is -9.25. The van der Waals surface area contributed by atoms with Crippen molar-refractivity contribution in [3.8, 4) is 0 Å². The Labute approximate surface area is 226 Å². The van der Waals surface area contributed by atoms with Gasteiger partial charge in [0, 0.05) is 6.04 Å². The van der Waals surface area contributed by atoms with Crippen molar-refractivity contribution in [2.75, 3.05) is 0 Å². The van der Waals surface area contributed by atoms with E-state index in [1.807, 2.05) is 6.08 Å². The van der Waals surface area contributed by atoms with Crippen LogP contribution in [0.2, 0.25) is 60.4 Å². The van der Waals surface area contributed by atoms with Crippen molar-refractivity contribution >= 4 is 33.8 Å². The van der Waals surface area contributed by atoms with Crippen molar-refractivity contribution in [2.24, 2.45) is 0 Å². The highest BCUT2D eigenvalue weighted by Gasteiger charge is 2.57. The Kier molecular flexibility index (Phi) is 13.2. The second-order valence-corrected chi connectivity index (χ2v) is 33.1. The zero-order valence-corrected chi connectivity index (χ0v) is 30.7. The first-order valence-corrected chi connectivity index (χ1v) is 24.8. The molecule has 0 aromatic carbocycles. The Morgan fingerprint density at radius 2 is 0.800 bits per heavy atom. The zero-order valence-electron chi connectivity index (χ0n) is 26.7. The van der Waals surface area contributed by atoms with Crippen molar-refractivity contribution in [3.63, 3.8) is 0 Å². The molecular weight excluding hydrogens is 497 g/mol. The van der Waals surface area contributed by atoms with Gasteiger partial charge in [0.2, 0.25) is 0 Å². The van der Waals surface area contributed by atoms with Crippen molar-refractivity contribution in [1.29, 1.82) is 0 Å². The Hall–Kier alpha value is 0.488. The van der Waals surface area contributed by atoms with Gasteiger partial charge in [-0.15, -0.1) is 6.58 Å². The van der Waals surface area contributed by atoms with E-state index in [0.717, 1.165) is 18.9 Å². The molecule has 0 aliphatic carbocycles. The van der Waals surface area contributed by atoms with Crippen molar-refractivity contribution < 1.29 is 12.3 Å². The van der Waals surface area contributed by atoms with E-state index in [2.05, 4.69) is 108 Å². The van der Waals surface area contributed by atoms with Crippen LogP contribution in [0.3, 0.4) is 0 Å². The van der Waals surface area contributed by atoms with Crippen LogP contribution in [0.4, 0.5) is 0 Å². The van der Waals surface area contributed by atoms with E-state index < -0.39 is 33.8 Å². The number of allylic oxidation sites excluding steroid dienone is 1. The van der Waals surface area contributed by atoms with Gasteiger partial charge in [-0.1, -0.05) is 94.1 Å². The highest BCUT2D eigenvalue weighted by Crippen LogP contribution is 2.47. The first-order chi connectivity index (χ1) is 15.4. The maximum absolute atomic E-state index is 7.40. The van der Waals surface area contributed by atoms with Crippen LogP contribution in [-0.2, 0) is 12.3 Å². The quantitative estimate of drug-likeness (QED) is 0.113. The van der Waals surface area contributed by atoms with Gasteiger partial charge in [0.15, 0.2) is 25.0 Å². The maximum atomic E-state index is 7.40. The van der Waals surface area contributed by atoms with Gasteiger partial charge in [-0.3, -0.25) is 0 Å². The molecule has 0 aliphatic rings. The summed E-state index contributed by atoms with van der Waals surface area (Å²) < 4.78 is 22.2. The van der Waals surface area contributed by atoms with E-state index >= 15 is 0 Å². The van der Waals surface area contributed by atoms with Crippen LogP contribution in [0, 0.1) is 0 Å². The van der Waals surface area contributed by atoms with Gasteiger partial charge in [0.25, 0.3) is 0 Å². The molecule has 0 bridgehead atoms. The molecular formula is C28H64O3Si4. The number of rotatable bonds is 15. The first-order valence-electron chi connectivity index (χ1n) is 14.1. The molecule has 0 aromatic rings. The predicted octanol–water partition coefficient (Wildman–Crippen LogP) is 10.9. The normalized spacial score (nSPS) is 14.9. The lowest BCUT2D eigenvalue weighted by Crippen LogP contribution is -2.65. The van der Waals surface area contributed by atoms with Gasteiger partial charge in [-0.05, 0) is 73.7 Å². The fraction of sp³-hybridized carbons (Fsp3) is 0.929. The summed E-state index contributed by atoms with van der Waals surface area (Å²) in [5.41, 5.74) is 0. The molecule has 0 N–H and O–H groups in total. The minimum atomic E-state index is -2.94. The number of hydrogen-bond donors (Lipinski definition) is 0. The van der Waals surface area contributed by atoms with Gasteiger partial charge in [0.05, 0.1) is 0 Å². The molecule has 0 fully saturated rings. The Balaban J connectivity index is 6.18. The second kappa shape index (κ2) is 13.0. The largest absolute Gasteiger partial charge is 0.469 e. The van der Waals surface area contributed by atoms with Crippen LogP contribution in [0.1, 0.15) is 107 Å². The van der Waals surface area contributed by atoms with Crippen molar-refractivity contribution in [3.05, 3.63) is 12.7 Å². The molecule has 35 heavy (non-hydrogen) atoms. The van der Waals surface area contributed by atoms with E-state index in [1.165, 1.54) is 32.1 Å². The molecule has 210 valence electrons. The summed E-state index contributed by atoms with van der Waals surface area (Å²) >= 11 is 0. The third-order valence-corrected chi connectivity index (χ3v) is 30.5. The average molecular weight is 561 g/mol. The standard InChI is InChI=1S/C28H64O3Si4/c1-17-18-19-20-21-22-23-24-25-35(29-32(11,12)26(2,3)4,30-33(13,14)27(5,6)7)31-34(15,16)28(8,9)10/h17H,1,18-25H2,2-16H3. The molecule has 0 aliphatic heterocycles. The van der Waals surface area contributed by atoms with Gasteiger partial charge < -0.3 is 12.3 Å². The lowest BCUT2D eigenvalue weighted by atomic mass is 10.1. The van der Waals surface area contributed by atoms with E-state index in [-0.39, 0.29) is 15.1 Å². The highest BCUT2D eigenvalue weighted by molar-refractivity contribution is 6.92. The third-order valence-electron chi connectivity index (χ3n) is 8.79. The molecule has 0 saturated heterocycles. The van der Waals surface area contributed by atoms with Crippen LogP contribution >= 0.6 is 0 Å². The average Bonchev–Trinajstić information content (AvgIpc) is 2.59. The smallest absolute Gasteiger partial charge is 0.416 e. The van der Waals surface area contributed by atoms with Crippen LogP contribution in [0.15, 0.2) is 12.7 Å².